The number of methoxy groups -OCH3 is 1. The molecule has 112 valence electrons. The van der Waals surface area contributed by atoms with Gasteiger partial charge in [0.1, 0.15) is 5.75 Å². The summed E-state index contributed by atoms with van der Waals surface area (Å²) < 4.78 is 5.51. The molecule has 0 saturated carbocycles. The molecule has 0 aliphatic carbocycles. The summed E-state index contributed by atoms with van der Waals surface area (Å²) in [6, 6.07) is 15.2. The Hall–Kier alpha value is -1.45. The fraction of sp³-hybridized carbons (Fsp3) is 0.333. The number of hydrogen-bond acceptors (Lipinski definition) is 3. The average molecular weight is 301 g/mol. The largest absolute Gasteiger partial charge is 0.496 e. The fourth-order valence-corrected chi connectivity index (χ4v) is 3.49. The maximum Gasteiger partial charge on any atom is 0.123 e. The Kier molecular flexibility index (Phi) is 5.71. The summed E-state index contributed by atoms with van der Waals surface area (Å²) in [7, 11) is 3.73. The van der Waals surface area contributed by atoms with Crippen LogP contribution in [-0.2, 0) is 0 Å². The number of benzene rings is 2. The quantitative estimate of drug-likeness (QED) is 0.801. The van der Waals surface area contributed by atoms with Crippen LogP contribution in [-0.4, -0.2) is 19.9 Å². The summed E-state index contributed by atoms with van der Waals surface area (Å²) in [5, 5.41) is 3.40. The zero-order chi connectivity index (χ0) is 15.2. The highest BCUT2D eigenvalue weighted by Crippen LogP contribution is 2.31. The summed E-state index contributed by atoms with van der Waals surface area (Å²) in [5.74, 6) is 1.92. The van der Waals surface area contributed by atoms with Crippen molar-refractivity contribution in [2.45, 2.75) is 24.8 Å². The number of hydrogen-bond donors (Lipinski definition) is 1. The van der Waals surface area contributed by atoms with Crippen LogP contribution in [0.15, 0.2) is 47.4 Å². The van der Waals surface area contributed by atoms with Gasteiger partial charge in [0.15, 0.2) is 0 Å². The van der Waals surface area contributed by atoms with E-state index in [2.05, 4.69) is 55.6 Å². The second-order valence-corrected chi connectivity index (χ2v) is 6.31. The van der Waals surface area contributed by atoms with Crippen LogP contribution in [0, 0.1) is 13.8 Å². The molecular formula is C18H23NOS. The van der Waals surface area contributed by atoms with Crippen LogP contribution in [0.25, 0.3) is 0 Å². The van der Waals surface area contributed by atoms with Gasteiger partial charge in [0.2, 0.25) is 0 Å². The molecule has 1 N–H and O–H groups in total. The first kappa shape index (κ1) is 15.9. The minimum atomic E-state index is 0.269. The molecule has 0 aliphatic rings. The maximum absolute atomic E-state index is 5.51. The Morgan fingerprint density at radius 3 is 2.52 bits per heavy atom. The molecular weight excluding hydrogens is 278 g/mol. The van der Waals surface area contributed by atoms with Crippen LogP contribution in [0.1, 0.15) is 22.7 Å². The van der Waals surface area contributed by atoms with E-state index >= 15 is 0 Å². The SMILES string of the molecule is CNC(CSc1cccc(C)c1)c1cc(C)ccc1OC. The van der Waals surface area contributed by atoms with Gasteiger partial charge in [-0.25, -0.2) is 0 Å². The molecule has 0 spiro atoms. The van der Waals surface area contributed by atoms with Crippen LogP contribution >= 0.6 is 11.8 Å². The zero-order valence-corrected chi connectivity index (χ0v) is 14.0. The van der Waals surface area contributed by atoms with Crippen LogP contribution in [0.2, 0.25) is 0 Å². The van der Waals surface area contributed by atoms with Gasteiger partial charge in [-0.05, 0) is 39.1 Å². The lowest BCUT2D eigenvalue weighted by atomic mass is 10.0. The summed E-state index contributed by atoms with van der Waals surface area (Å²) >= 11 is 1.87. The molecule has 0 amide bonds. The molecule has 0 aromatic heterocycles. The smallest absolute Gasteiger partial charge is 0.123 e. The van der Waals surface area contributed by atoms with Gasteiger partial charge in [0.05, 0.1) is 7.11 Å². The number of nitrogens with one attached hydrogen (secondary N) is 1. The molecule has 21 heavy (non-hydrogen) atoms. The summed E-state index contributed by atoms with van der Waals surface area (Å²) in [6.07, 6.45) is 0. The molecule has 0 aliphatic heterocycles. The lowest BCUT2D eigenvalue weighted by molar-refractivity contribution is 0.404. The highest BCUT2D eigenvalue weighted by molar-refractivity contribution is 7.99. The molecule has 0 saturated heterocycles. The summed E-state index contributed by atoms with van der Waals surface area (Å²) in [5.41, 5.74) is 3.78. The minimum absolute atomic E-state index is 0.269. The standard InChI is InChI=1S/C18H23NOS/c1-13-6-5-7-15(10-13)21-12-17(19-3)16-11-14(2)8-9-18(16)20-4/h5-11,17,19H,12H2,1-4H3. The molecule has 0 bridgehead atoms. The van der Waals surface area contributed by atoms with E-state index in [1.54, 1.807) is 7.11 Å². The third-order valence-electron chi connectivity index (χ3n) is 3.52. The van der Waals surface area contributed by atoms with E-state index < -0.39 is 0 Å². The first-order chi connectivity index (χ1) is 10.1. The van der Waals surface area contributed by atoms with Gasteiger partial charge in [0.25, 0.3) is 0 Å². The van der Waals surface area contributed by atoms with Gasteiger partial charge in [-0.1, -0.05) is 35.4 Å². The predicted molar refractivity (Wildman–Crippen MR) is 91.4 cm³/mol. The molecule has 1 unspecified atom stereocenters. The normalized spacial score (nSPS) is 12.2. The first-order valence-corrected chi connectivity index (χ1v) is 8.14. The highest BCUT2D eigenvalue weighted by atomic mass is 32.2. The van der Waals surface area contributed by atoms with Gasteiger partial charge in [-0.3, -0.25) is 0 Å². The second kappa shape index (κ2) is 7.53. The van der Waals surface area contributed by atoms with Crippen LogP contribution in [0.5, 0.6) is 5.75 Å². The van der Waals surface area contributed by atoms with Crippen molar-refractivity contribution in [3.8, 4) is 5.75 Å². The van der Waals surface area contributed by atoms with Gasteiger partial charge in [0, 0.05) is 22.3 Å². The highest BCUT2D eigenvalue weighted by Gasteiger charge is 2.15. The Labute approximate surface area is 131 Å². The zero-order valence-electron chi connectivity index (χ0n) is 13.1. The summed E-state index contributed by atoms with van der Waals surface area (Å²) in [4.78, 5) is 1.31. The van der Waals surface area contributed by atoms with E-state index in [1.807, 2.05) is 24.9 Å². The van der Waals surface area contributed by atoms with Crippen molar-refractivity contribution in [3.63, 3.8) is 0 Å². The monoisotopic (exact) mass is 301 g/mol. The Bertz CT molecular complexity index is 598. The van der Waals surface area contributed by atoms with Crippen LogP contribution in [0.3, 0.4) is 0 Å². The van der Waals surface area contributed by atoms with Crippen molar-refractivity contribution >= 4 is 11.8 Å². The van der Waals surface area contributed by atoms with E-state index in [-0.39, 0.29) is 6.04 Å². The van der Waals surface area contributed by atoms with E-state index in [9.17, 15) is 0 Å². The van der Waals surface area contributed by atoms with Crippen molar-refractivity contribution in [3.05, 3.63) is 59.2 Å². The minimum Gasteiger partial charge on any atom is -0.496 e. The van der Waals surface area contributed by atoms with Crippen molar-refractivity contribution in [1.29, 1.82) is 0 Å². The second-order valence-electron chi connectivity index (χ2n) is 5.21. The van der Waals surface area contributed by atoms with E-state index in [1.165, 1.54) is 21.6 Å². The van der Waals surface area contributed by atoms with Crippen molar-refractivity contribution in [1.82, 2.24) is 5.32 Å². The molecule has 2 aromatic rings. The third-order valence-corrected chi connectivity index (χ3v) is 4.60. The van der Waals surface area contributed by atoms with E-state index in [0.29, 0.717) is 0 Å². The maximum atomic E-state index is 5.51. The molecule has 2 aromatic carbocycles. The van der Waals surface area contributed by atoms with Crippen molar-refractivity contribution in [2.75, 3.05) is 19.9 Å². The van der Waals surface area contributed by atoms with Gasteiger partial charge in [-0.15, -0.1) is 11.8 Å². The number of aryl methyl sites for hydroxylation is 2. The molecule has 2 nitrogen and oxygen atoms in total. The topological polar surface area (TPSA) is 21.3 Å². The lowest BCUT2D eigenvalue weighted by Gasteiger charge is -2.20. The molecule has 0 heterocycles. The third kappa shape index (κ3) is 4.26. The summed E-state index contributed by atoms with van der Waals surface area (Å²) in [6.45, 7) is 4.24. The molecule has 0 fully saturated rings. The Morgan fingerprint density at radius 2 is 1.86 bits per heavy atom. The molecule has 3 heteroatoms. The number of rotatable bonds is 6. The van der Waals surface area contributed by atoms with E-state index in [0.717, 1.165) is 11.5 Å². The van der Waals surface area contributed by atoms with Gasteiger partial charge >= 0.3 is 0 Å². The van der Waals surface area contributed by atoms with Crippen LogP contribution < -0.4 is 10.1 Å². The Balaban J connectivity index is 2.15. The Morgan fingerprint density at radius 1 is 1.10 bits per heavy atom. The number of ether oxygens (including phenoxy) is 1. The molecule has 1 atom stereocenters. The fourth-order valence-electron chi connectivity index (χ4n) is 2.34. The first-order valence-electron chi connectivity index (χ1n) is 7.15. The lowest BCUT2D eigenvalue weighted by Crippen LogP contribution is -2.19. The van der Waals surface area contributed by atoms with Crippen molar-refractivity contribution < 1.29 is 4.74 Å². The van der Waals surface area contributed by atoms with Gasteiger partial charge < -0.3 is 10.1 Å². The number of thioether (sulfide) groups is 1. The molecule has 2 rings (SSSR count). The van der Waals surface area contributed by atoms with Gasteiger partial charge in [-0.2, -0.15) is 0 Å². The van der Waals surface area contributed by atoms with Crippen molar-refractivity contribution in [2.24, 2.45) is 0 Å². The van der Waals surface area contributed by atoms with Crippen LogP contribution in [0.4, 0.5) is 0 Å². The molecule has 0 radical (unpaired) electrons. The average Bonchev–Trinajstić information content (AvgIpc) is 2.48. The van der Waals surface area contributed by atoms with E-state index in [4.69, 9.17) is 4.74 Å². The predicted octanol–water partition coefficient (Wildman–Crippen LogP) is 4.36.